The number of amides is 2. The van der Waals surface area contributed by atoms with E-state index >= 15 is 0 Å². The van der Waals surface area contributed by atoms with Crippen LogP contribution in [0.5, 0.6) is 0 Å². The predicted octanol–water partition coefficient (Wildman–Crippen LogP) is 4.34. The first-order chi connectivity index (χ1) is 12.8. The number of carbonyl (C=O) groups is 2. The topological polar surface area (TPSA) is 70.6 Å². The van der Waals surface area contributed by atoms with Crippen molar-refractivity contribution < 1.29 is 14.0 Å². The Morgan fingerprint density at radius 2 is 2.04 bits per heavy atom. The summed E-state index contributed by atoms with van der Waals surface area (Å²) in [4.78, 5) is 28.8. The quantitative estimate of drug-likeness (QED) is 0.797. The summed E-state index contributed by atoms with van der Waals surface area (Å²) in [5, 5.41) is 5.05. The van der Waals surface area contributed by atoms with Crippen LogP contribution in [0, 0.1) is 19.7 Å². The summed E-state index contributed by atoms with van der Waals surface area (Å²) in [7, 11) is 0. The minimum Gasteiger partial charge on any atom is -0.325 e. The highest BCUT2D eigenvalue weighted by atomic mass is 35.5. The van der Waals surface area contributed by atoms with E-state index in [0.717, 1.165) is 22.9 Å². The number of carbonyl (C=O) groups excluding carboxylic acids is 2. The molecule has 1 fully saturated rings. The third-order valence-corrected chi connectivity index (χ3v) is 5.44. The second-order valence-electron chi connectivity index (χ2n) is 6.16. The monoisotopic (exact) mass is 405 g/mol. The first kappa shape index (κ1) is 19.4. The fourth-order valence-electron chi connectivity index (χ4n) is 2.46. The van der Waals surface area contributed by atoms with Gasteiger partial charge >= 0.3 is 0 Å². The van der Waals surface area contributed by atoms with Crippen LogP contribution in [-0.4, -0.2) is 22.2 Å². The summed E-state index contributed by atoms with van der Waals surface area (Å²) in [5.41, 5.74) is 3.27. The molecule has 8 heteroatoms. The van der Waals surface area contributed by atoms with Gasteiger partial charge in [0.25, 0.3) is 0 Å². The van der Waals surface area contributed by atoms with Gasteiger partial charge in [-0.05, 0) is 55.3 Å². The van der Waals surface area contributed by atoms with E-state index in [1.807, 2.05) is 32.0 Å². The van der Waals surface area contributed by atoms with Crippen molar-refractivity contribution in [3.8, 4) is 0 Å². The maximum atomic E-state index is 13.3. The largest absolute Gasteiger partial charge is 0.325 e. The van der Waals surface area contributed by atoms with Crippen LogP contribution in [0.3, 0.4) is 0 Å². The van der Waals surface area contributed by atoms with Gasteiger partial charge < -0.3 is 10.6 Å². The number of benzene rings is 2. The number of nitrogens with one attached hydrogen (secondary N) is 2. The number of aliphatic imine (C=N–C) groups is 1. The molecule has 0 unspecified atom stereocenters. The Hall–Kier alpha value is -2.38. The molecule has 1 aliphatic rings. The average Bonchev–Trinajstić information content (AvgIpc) is 2.61. The van der Waals surface area contributed by atoms with Crippen molar-refractivity contribution in [3.05, 3.63) is 58.4 Å². The Kier molecular flexibility index (Phi) is 5.82. The maximum Gasteiger partial charge on any atom is 0.238 e. The van der Waals surface area contributed by atoms with Crippen LogP contribution >= 0.6 is 23.4 Å². The van der Waals surface area contributed by atoms with Gasteiger partial charge in [-0.3, -0.25) is 9.59 Å². The zero-order chi connectivity index (χ0) is 19.6. The van der Waals surface area contributed by atoms with Gasteiger partial charge in [-0.1, -0.05) is 29.4 Å². The highest BCUT2D eigenvalue weighted by molar-refractivity contribution is 8.15. The van der Waals surface area contributed by atoms with E-state index in [0.29, 0.717) is 11.4 Å². The fourth-order valence-corrected chi connectivity index (χ4v) is 3.63. The average molecular weight is 406 g/mol. The van der Waals surface area contributed by atoms with Crippen molar-refractivity contribution >= 4 is 51.7 Å². The summed E-state index contributed by atoms with van der Waals surface area (Å²) in [6.45, 7) is 3.96. The molecule has 27 heavy (non-hydrogen) atoms. The Morgan fingerprint density at radius 3 is 2.74 bits per heavy atom. The zero-order valence-electron chi connectivity index (χ0n) is 14.7. The Labute approximate surface area is 165 Å². The molecule has 5 nitrogen and oxygen atoms in total. The van der Waals surface area contributed by atoms with Crippen LogP contribution in [-0.2, 0) is 9.59 Å². The normalized spacial score (nSPS) is 18.3. The first-order valence-corrected chi connectivity index (χ1v) is 9.46. The van der Waals surface area contributed by atoms with E-state index in [4.69, 9.17) is 11.6 Å². The molecule has 0 saturated carbocycles. The van der Waals surface area contributed by atoms with Crippen LogP contribution in [0.25, 0.3) is 0 Å². The highest BCUT2D eigenvalue weighted by Crippen LogP contribution is 2.27. The molecule has 0 aromatic heterocycles. The van der Waals surface area contributed by atoms with Crippen molar-refractivity contribution in [1.82, 2.24) is 5.32 Å². The van der Waals surface area contributed by atoms with E-state index in [9.17, 15) is 14.0 Å². The minimum atomic E-state index is -0.616. The van der Waals surface area contributed by atoms with E-state index in [1.54, 1.807) is 0 Å². The van der Waals surface area contributed by atoms with E-state index < -0.39 is 11.1 Å². The van der Waals surface area contributed by atoms with Crippen molar-refractivity contribution in [2.75, 3.05) is 5.32 Å². The standard InChI is InChI=1S/C19H17ClFN3O2S/c1-10-3-4-12(7-11(10)2)22-18(26)16-9-17(25)24-19(27-16)23-13-5-6-15(21)14(20)8-13/h3-8,16H,9H2,1-2H3,(H,22,26)(H,23,24,25)/t16-/m0/s1. The summed E-state index contributed by atoms with van der Waals surface area (Å²) in [5.74, 6) is -1.13. The van der Waals surface area contributed by atoms with Gasteiger partial charge in [0.2, 0.25) is 11.8 Å². The van der Waals surface area contributed by atoms with Crippen LogP contribution in [0.1, 0.15) is 17.5 Å². The highest BCUT2D eigenvalue weighted by Gasteiger charge is 2.30. The molecule has 1 heterocycles. The molecule has 2 aromatic rings. The molecule has 0 bridgehead atoms. The summed E-state index contributed by atoms with van der Waals surface area (Å²) in [6.07, 6.45) is 0.0462. The molecule has 140 valence electrons. The second kappa shape index (κ2) is 8.10. The predicted molar refractivity (Wildman–Crippen MR) is 107 cm³/mol. The zero-order valence-corrected chi connectivity index (χ0v) is 16.2. The van der Waals surface area contributed by atoms with E-state index in [1.165, 1.54) is 18.2 Å². The minimum absolute atomic E-state index is 0.0462. The van der Waals surface area contributed by atoms with Crippen molar-refractivity contribution in [1.29, 1.82) is 0 Å². The van der Waals surface area contributed by atoms with Crippen molar-refractivity contribution in [2.45, 2.75) is 25.5 Å². The number of halogens is 2. The lowest BCUT2D eigenvalue weighted by atomic mass is 10.1. The third kappa shape index (κ3) is 4.87. The van der Waals surface area contributed by atoms with Gasteiger partial charge in [0.05, 0.1) is 10.7 Å². The lowest BCUT2D eigenvalue weighted by Crippen LogP contribution is -2.41. The smallest absolute Gasteiger partial charge is 0.238 e. The first-order valence-electron chi connectivity index (χ1n) is 8.20. The fraction of sp³-hybridized carbons (Fsp3) is 0.211. The summed E-state index contributed by atoms with van der Waals surface area (Å²) < 4.78 is 13.3. The molecule has 1 atom stereocenters. The lowest BCUT2D eigenvalue weighted by molar-refractivity contribution is -0.123. The maximum absolute atomic E-state index is 13.3. The number of hydrogen-bond acceptors (Lipinski definition) is 4. The SMILES string of the molecule is Cc1ccc(NC(=O)[C@@H]2CC(=O)NC(=Nc3ccc(F)c(Cl)c3)S2)cc1C. The third-order valence-electron chi connectivity index (χ3n) is 4.07. The molecule has 1 aliphatic heterocycles. The van der Waals surface area contributed by atoms with Gasteiger partial charge in [-0.25, -0.2) is 9.38 Å². The molecule has 1 saturated heterocycles. The van der Waals surface area contributed by atoms with Crippen molar-refractivity contribution in [3.63, 3.8) is 0 Å². The van der Waals surface area contributed by atoms with E-state index in [2.05, 4.69) is 15.6 Å². The molecular weight excluding hydrogens is 389 g/mol. The summed E-state index contributed by atoms with van der Waals surface area (Å²) in [6, 6.07) is 9.63. The van der Waals surface area contributed by atoms with Crippen molar-refractivity contribution in [2.24, 2.45) is 4.99 Å². The van der Waals surface area contributed by atoms with Gasteiger partial charge in [0.1, 0.15) is 11.1 Å². The summed E-state index contributed by atoms with van der Waals surface area (Å²) >= 11 is 6.89. The molecule has 0 spiro atoms. The number of aryl methyl sites for hydroxylation is 2. The number of amidine groups is 1. The molecule has 2 aromatic carbocycles. The molecule has 2 N–H and O–H groups in total. The number of anilines is 1. The molecule has 2 amide bonds. The second-order valence-corrected chi connectivity index (χ2v) is 7.76. The van der Waals surface area contributed by atoms with Gasteiger partial charge in [0, 0.05) is 12.1 Å². The van der Waals surface area contributed by atoms with Gasteiger partial charge in [-0.2, -0.15) is 0 Å². The lowest BCUT2D eigenvalue weighted by Gasteiger charge is -2.22. The van der Waals surface area contributed by atoms with E-state index in [-0.39, 0.29) is 28.4 Å². The van der Waals surface area contributed by atoms with Gasteiger partial charge in [0.15, 0.2) is 5.17 Å². The Morgan fingerprint density at radius 1 is 1.26 bits per heavy atom. The number of nitrogens with zero attached hydrogens (tertiary/aromatic N) is 1. The number of hydrogen-bond donors (Lipinski definition) is 2. The molecule has 3 rings (SSSR count). The molecule has 0 aliphatic carbocycles. The van der Waals surface area contributed by atoms with Crippen LogP contribution < -0.4 is 10.6 Å². The van der Waals surface area contributed by atoms with Gasteiger partial charge in [-0.15, -0.1) is 0 Å². The number of thioether (sulfide) groups is 1. The number of rotatable bonds is 3. The van der Waals surface area contributed by atoms with Crippen LogP contribution in [0.2, 0.25) is 5.02 Å². The van der Waals surface area contributed by atoms with Crippen LogP contribution in [0.4, 0.5) is 15.8 Å². The molecule has 0 radical (unpaired) electrons. The Balaban J connectivity index is 1.74. The molecular formula is C19H17ClFN3O2S. The Bertz CT molecular complexity index is 949. The van der Waals surface area contributed by atoms with Crippen LogP contribution in [0.15, 0.2) is 41.4 Å².